The van der Waals surface area contributed by atoms with E-state index in [0.29, 0.717) is 6.04 Å². The van der Waals surface area contributed by atoms with Crippen LogP contribution in [0.2, 0.25) is 0 Å². The lowest BCUT2D eigenvalue weighted by Crippen LogP contribution is -2.53. The van der Waals surface area contributed by atoms with Crippen molar-refractivity contribution in [2.45, 2.75) is 50.3 Å². The molecule has 0 saturated carbocycles. The summed E-state index contributed by atoms with van der Waals surface area (Å²) in [6.45, 7) is 6.45. The highest BCUT2D eigenvalue weighted by molar-refractivity contribution is 5.09. The summed E-state index contributed by atoms with van der Waals surface area (Å²) in [5.41, 5.74) is -0.275. The van der Waals surface area contributed by atoms with Crippen molar-refractivity contribution in [3.63, 3.8) is 0 Å². The highest BCUT2D eigenvalue weighted by Crippen LogP contribution is 2.33. The minimum atomic E-state index is -0.233. The van der Waals surface area contributed by atoms with Crippen LogP contribution < -0.4 is 5.32 Å². The van der Waals surface area contributed by atoms with E-state index in [-0.39, 0.29) is 11.1 Å². The lowest BCUT2D eigenvalue weighted by Gasteiger charge is -2.39. The van der Waals surface area contributed by atoms with E-state index in [9.17, 15) is 0 Å². The fourth-order valence-corrected chi connectivity index (χ4v) is 2.57. The van der Waals surface area contributed by atoms with Gasteiger partial charge in [0.25, 0.3) is 0 Å². The summed E-state index contributed by atoms with van der Waals surface area (Å²) < 4.78 is 11.3. The number of terminal acetylenes is 1. The van der Waals surface area contributed by atoms with E-state index in [2.05, 4.69) is 11.2 Å². The Morgan fingerprint density at radius 2 is 2.25 bits per heavy atom. The van der Waals surface area contributed by atoms with E-state index in [1.54, 1.807) is 0 Å². The van der Waals surface area contributed by atoms with E-state index < -0.39 is 0 Å². The van der Waals surface area contributed by atoms with Crippen LogP contribution in [-0.4, -0.2) is 37.0 Å². The van der Waals surface area contributed by atoms with Crippen LogP contribution in [0.5, 0.6) is 0 Å². The first-order valence-electron chi connectivity index (χ1n) is 6.02. The third-order valence-electron chi connectivity index (χ3n) is 3.49. The molecule has 3 nitrogen and oxygen atoms in total. The van der Waals surface area contributed by atoms with Gasteiger partial charge in [0.1, 0.15) is 0 Å². The Kier molecular flexibility index (Phi) is 3.25. The van der Waals surface area contributed by atoms with Gasteiger partial charge in [-0.05, 0) is 26.7 Å². The smallest absolute Gasteiger partial charge is 0.0951 e. The average Bonchev–Trinajstić information content (AvgIpc) is 2.66. The summed E-state index contributed by atoms with van der Waals surface area (Å²) in [4.78, 5) is 0. The monoisotopic (exact) mass is 223 g/mol. The molecule has 0 aromatic rings. The normalized spacial score (nSPS) is 35.2. The van der Waals surface area contributed by atoms with Crippen molar-refractivity contribution in [3.8, 4) is 12.3 Å². The molecule has 0 aromatic heterocycles. The van der Waals surface area contributed by atoms with Gasteiger partial charge in [0, 0.05) is 25.7 Å². The lowest BCUT2D eigenvalue weighted by molar-refractivity contribution is -0.0908. The first kappa shape index (κ1) is 11.9. The Hall–Kier alpha value is -0.560. The summed E-state index contributed by atoms with van der Waals surface area (Å²) in [6, 6.07) is 0.446. The molecule has 3 heteroatoms. The third kappa shape index (κ3) is 2.57. The molecule has 2 saturated heterocycles. The molecule has 0 radical (unpaired) electrons. The fourth-order valence-electron chi connectivity index (χ4n) is 2.57. The number of hydrogen-bond donors (Lipinski definition) is 1. The molecule has 2 fully saturated rings. The Morgan fingerprint density at radius 3 is 2.88 bits per heavy atom. The van der Waals surface area contributed by atoms with Crippen molar-refractivity contribution in [1.29, 1.82) is 0 Å². The van der Waals surface area contributed by atoms with E-state index in [0.717, 1.165) is 39.1 Å². The maximum Gasteiger partial charge on any atom is 0.0951 e. The van der Waals surface area contributed by atoms with E-state index in [4.69, 9.17) is 15.9 Å². The number of ether oxygens (including phenoxy) is 2. The van der Waals surface area contributed by atoms with Crippen molar-refractivity contribution >= 4 is 0 Å². The molecule has 1 spiro atoms. The molecule has 0 amide bonds. The van der Waals surface area contributed by atoms with Crippen molar-refractivity contribution in [1.82, 2.24) is 5.32 Å². The summed E-state index contributed by atoms with van der Waals surface area (Å²) >= 11 is 0. The van der Waals surface area contributed by atoms with Crippen LogP contribution in [0, 0.1) is 12.3 Å². The van der Waals surface area contributed by atoms with Crippen molar-refractivity contribution < 1.29 is 9.47 Å². The van der Waals surface area contributed by atoms with Crippen LogP contribution >= 0.6 is 0 Å². The topological polar surface area (TPSA) is 30.5 Å². The summed E-state index contributed by atoms with van der Waals surface area (Å²) in [6.07, 6.45) is 8.56. The highest BCUT2D eigenvalue weighted by Gasteiger charge is 2.41. The van der Waals surface area contributed by atoms with Crippen LogP contribution in [0.25, 0.3) is 0 Å². The van der Waals surface area contributed by atoms with E-state index in [1.165, 1.54) is 0 Å². The maximum absolute atomic E-state index is 5.89. The maximum atomic E-state index is 5.89. The molecule has 2 rings (SSSR count). The predicted molar refractivity (Wildman–Crippen MR) is 63.2 cm³/mol. The molecule has 2 heterocycles. The Balaban J connectivity index is 1.95. The predicted octanol–water partition coefficient (Wildman–Crippen LogP) is 1.33. The quantitative estimate of drug-likeness (QED) is 0.716. The summed E-state index contributed by atoms with van der Waals surface area (Å²) in [5, 5.41) is 3.52. The van der Waals surface area contributed by atoms with E-state index >= 15 is 0 Å². The summed E-state index contributed by atoms with van der Waals surface area (Å²) in [5.74, 6) is 2.78. The zero-order valence-electron chi connectivity index (χ0n) is 10.2. The van der Waals surface area contributed by atoms with E-state index in [1.807, 2.05) is 13.8 Å². The zero-order chi connectivity index (χ0) is 11.6. The van der Waals surface area contributed by atoms with Gasteiger partial charge in [-0.25, -0.2) is 0 Å². The SMILES string of the molecule is C#CC(C)(C)NC1CCOC2(CCOC2)C1. The van der Waals surface area contributed by atoms with Gasteiger partial charge in [0.2, 0.25) is 0 Å². The van der Waals surface area contributed by atoms with Gasteiger partial charge in [-0.15, -0.1) is 6.42 Å². The Morgan fingerprint density at radius 1 is 1.44 bits per heavy atom. The second-order valence-electron chi connectivity index (χ2n) is 5.44. The lowest BCUT2D eigenvalue weighted by atomic mass is 9.88. The molecule has 2 aliphatic rings. The number of hydrogen-bond acceptors (Lipinski definition) is 3. The molecular weight excluding hydrogens is 202 g/mol. The van der Waals surface area contributed by atoms with Gasteiger partial charge >= 0.3 is 0 Å². The van der Waals surface area contributed by atoms with Crippen LogP contribution in [-0.2, 0) is 9.47 Å². The first-order valence-corrected chi connectivity index (χ1v) is 6.02. The average molecular weight is 223 g/mol. The van der Waals surface area contributed by atoms with Gasteiger partial charge in [0.05, 0.1) is 17.7 Å². The zero-order valence-corrected chi connectivity index (χ0v) is 10.2. The Labute approximate surface area is 97.9 Å². The molecule has 0 aliphatic carbocycles. The summed E-state index contributed by atoms with van der Waals surface area (Å²) in [7, 11) is 0. The molecule has 16 heavy (non-hydrogen) atoms. The van der Waals surface area contributed by atoms with Gasteiger partial charge in [0.15, 0.2) is 0 Å². The van der Waals surface area contributed by atoms with Crippen molar-refractivity contribution in [3.05, 3.63) is 0 Å². The van der Waals surface area contributed by atoms with Gasteiger partial charge in [-0.3, -0.25) is 5.32 Å². The second-order valence-corrected chi connectivity index (χ2v) is 5.44. The molecule has 2 aliphatic heterocycles. The molecular formula is C13H21NO2. The van der Waals surface area contributed by atoms with Crippen LogP contribution in [0.15, 0.2) is 0 Å². The van der Waals surface area contributed by atoms with Crippen molar-refractivity contribution in [2.75, 3.05) is 19.8 Å². The van der Waals surface area contributed by atoms with Crippen LogP contribution in [0.3, 0.4) is 0 Å². The number of rotatable bonds is 2. The minimum Gasteiger partial charge on any atom is -0.378 e. The Bertz CT molecular complexity index is 287. The van der Waals surface area contributed by atoms with Crippen molar-refractivity contribution in [2.24, 2.45) is 0 Å². The molecule has 0 aromatic carbocycles. The fraction of sp³-hybridized carbons (Fsp3) is 0.846. The number of nitrogens with one attached hydrogen (secondary N) is 1. The largest absolute Gasteiger partial charge is 0.378 e. The molecule has 2 unspecified atom stereocenters. The molecule has 2 atom stereocenters. The minimum absolute atomic E-state index is 0.0411. The van der Waals surface area contributed by atoms with Gasteiger partial charge in [-0.1, -0.05) is 5.92 Å². The van der Waals surface area contributed by atoms with Crippen LogP contribution in [0.4, 0.5) is 0 Å². The second kappa shape index (κ2) is 4.37. The molecule has 0 bridgehead atoms. The van der Waals surface area contributed by atoms with Gasteiger partial charge in [-0.2, -0.15) is 0 Å². The first-order chi connectivity index (χ1) is 7.55. The molecule has 1 N–H and O–H groups in total. The molecule has 90 valence electrons. The standard InChI is InChI=1S/C13H21NO2/c1-4-12(2,3)14-11-5-7-16-13(9-11)6-8-15-10-13/h1,11,14H,5-10H2,2-3H3. The van der Waals surface area contributed by atoms with Crippen LogP contribution in [0.1, 0.15) is 33.1 Å². The highest BCUT2D eigenvalue weighted by atomic mass is 16.6. The van der Waals surface area contributed by atoms with Gasteiger partial charge < -0.3 is 9.47 Å². The third-order valence-corrected chi connectivity index (χ3v) is 3.49.